The van der Waals surface area contributed by atoms with Gasteiger partial charge in [0.15, 0.2) is 0 Å². The number of aryl methyl sites for hydroxylation is 1. The van der Waals surface area contributed by atoms with Crippen molar-refractivity contribution in [1.82, 2.24) is 4.98 Å². The van der Waals surface area contributed by atoms with E-state index in [4.69, 9.17) is 10.00 Å². The van der Waals surface area contributed by atoms with Crippen LogP contribution in [0.3, 0.4) is 0 Å². The number of nitriles is 1. The van der Waals surface area contributed by atoms with Gasteiger partial charge in [-0.15, -0.1) is 0 Å². The first kappa shape index (κ1) is 15.0. The van der Waals surface area contributed by atoms with Gasteiger partial charge in [0.2, 0.25) is 0 Å². The third-order valence-corrected chi connectivity index (χ3v) is 3.24. The van der Waals surface area contributed by atoms with Gasteiger partial charge in [0, 0.05) is 11.0 Å². The summed E-state index contributed by atoms with van der Waals surface area (Å²) in [5.41, 5.74) is 1.64. The lowest BCUT2D eigenvalue weighted by Crippen LogP contribution is -2.10. The Morgan fingerprint density at radius 2 is 2.17 bits per heavy atom. The molecule has 0 saturated heterocycles. The lowest BCUT2D eigenvalue weighted by Gasteiger charge is -2.15. The minimum atomic E-state index is -0.271. The van der Waals surface area contributed by atoms with E-state index in [0.717, 1.165) is 30.0 Å². The number of aromatic nitrogens is 1. The van der Waals surface area contributed by atoms with Gasteiger partial charge in [0.25, 0.3) is 0 Å². The van der Waals surface area contributed by atoms with Gasteiger partial charge >= 0.3 is 0 Å². The molecule has 1 rings (SSSR count). The number of pyridine rings is 1. The number of ether oxygens (including phenoxy) is 1. The Bertz CT molecular complexity index is 438. The van der Waals surface area contributed by atoms with E-state index in [1.807, 2.05) is 32.9 Å². The van der Waals surface area contributed by atoms with Crippen LogP contribution in [0.1, 0.15) is 38.1 Å². The Morgan fingerprint density at radius 1 is 1.44 bits per heavy atom. The molecule has 98 valence electrons. The molecule has 0 radical (unpaired) electrons. The summed E-state index contributed by atoms with van der Waals surface area (Å²) in [6.07, 6.45) is 1.71. The third kappa shape index (κ3) is 4.66. The molecule has 0 bridgehead atoms. The highest BCUT2D eigenvalue weighted by Gasteiger charge is 2.15. The van der Waals surface area contributed by atoms with Gasteiger partial charge in [-0.3, -0.25) is 4.98 Å². The van der Waals surface area contributed by atoms with Gasteiger partial charge in [-0.1, -0.05) is 15.9 Å². The first-order chi connectivity index (χ1) is 8.48. The average molecular weight is 311 g/mol. The number of hydrogen-bond donors (Lipinski definition) is 0. The molecular weight excluding hydrogens is 292 g/mol. The molecule has 0 unspecified atom stereocenters. The van der Waals surface area contributed by atoms with E-state index in [9.17, 15) is 0 Å². The number of nitrogens with zero attached hydrogens (tertiary/aromatic N) is 2. The molecule has 0 aromatic carbocycles. The van der Waals surface area contributed by atoms with E-state index in [2.05, 4.69) is 27.0 Å². The summed E-state index contributed by atoms with van der Waals surface area (Å²) in [5, 5.41) is 9.60. The fourth-order valence-electron chi connectivity index (χ4n) is 1.58. The fourth-order valence-corrected chi connectivity index (χ4v) is 1.98. The summed E-state index contributed by atoms with van der Waals surface area (Å²) in [4.78, 5) is 4.41. The zero-order valence-electron chi connectivity index (χ0n) is 11.2. The number of rotatable bonds is 6. The summed E-state index contributed by atoms with van der Waals surface area (Å²) in [6.45, 7) is 6.48. The summed E-state index contributed by atoms with van der Waals surface area (Å²) in [6, 6.07) is 6.19. The topological polar surface area (TPSA) is 45.9 Å². The highest BCUT2D eigenvalue weighted by Crippen LogP contribution is 2.23. The van der Waals surface area contributed by atoms with E-state index in [-0.39, 0.29) is 5.41 Å². The van der Waals surface area contributed by atoms with Crippen LogP contribution in [0.25, 0.3) is 0 Å². The molecule has 1 heterocycles. The second-order valence-electron chi connectivity index (χ2n) is 4.98. The van der Waals surface area contributed by atoms with E-state index in [1.54, 1.807) is 0 Å². The second kappa shape index (κ2) is 6.75. The van der Waals surface area contributed by atoms with Crippen LogP contribution in [0.4, 0.5) is 0 Å². The molecule has 4 heteroatoms. The number of halogens is 1. The smallest absolute Gasteiger partial charge is 0.141 e. The fraction of sp³-hybridized carbons (Fsp3) is 0.571. The SMILES string of the molecule is Cc1ccc(OCCCC(C)(C)C#N)c(CBr)n1. The molecular formula is C14H19BrN2O. The van der Waals surface area contributed by atoms with Gasteiger partial charge in [0.1, 0.15) is 5.75 Å². The maximum Gasteiger partial charge on any atom is 0.141 e. The molecule has 3 nitrogen and oxygen atoms in total. The van der Waals surface area contributed by atoms with Crippen molar-refractivity contribution >= 4 is 15.9 Å². The maximum absolute atomic E-state index is 8.92. The predicted molar refractivity (Wildman–Crippen MR) is 75.7 cm³/mol. The van der Waals surface area contributed by atoms with Gasteiger partial charge in [-0.2, -0.15) is 5.26 Å². The minimum Gasteiger partial charge on any atom is -0.492 e. The van der Waals surface area contributed by atoms with E-state index in [0.29, 0.717) is 11.9 Å². The van der Waals surface area contributed by atoms with Crippen molar-refractivity contribution in [1.29, 1.82) is 5.26 Å². The predicted octanol–water partition coefficient (Wildman–Crippen LogP) is 3.99. The lowest BCUT2D eigenvalue weighted by molar-refractivity contribution is 0.281. The van der Waals surface area contributed by atoms with Crippen molar-refractivity contribution in [3.8, 4) is 11.8 Å². The molecule has 1 aromatic heterocycles. The summed E-state index contributed by atoms with van der Waals surface area (Å²) < 4.78 is 5.72. The first-order valence-corrected chi connectivity index (χ1v) is 7.17. The molecule has 18 heavy (non-hydrogen) atoms. The Kier molecular flexibility index (Phi) is 5.61. The van der Waals surface area contributed by atoms with Crippen LogP contribution in [0.2, 0.25) is 0 Å². The largest absolute Gasteiger partial charge is 0.492 e. The third-order valence-electron chi connectivity index (χ3n) is 2.70. The van der Waals surface area contributed by atoms with Crippen LogP contribution in [0.5, 0.6) is 5.75 Å². The monoisotopic (exact) mass is 310 g/mol. The summed E-state index contributed by atoms with van der Waals surface area (Å²) >= 11 is 3.41. The van der Waals surface area contributed by atoms with Crippen molar-refractivity contribution in [2.45, 2.75) is 38.9 Å². The van der Waals surface area contributed by atoms with Crippen molar-refractivity contribution in [3.63, 3.8) is 0 Å². The standard InChI is InChI=1S/C14H19BrN2O/c1-11-5-6-13(12(9-15)17-11)18-8-4-7-14(2,3)10-16/h5-6H,4,7-9H2,1-3H3. The van der Waals surface area contributed by atoms with Crippen molar-refractivity contribution in [2.75, 3.05) is 6.61 Å². The molecule has 0 aliphatic rings. The second-order valence-corrected chi connectivity index (χ2v) is 5.54. The summed E-state index contributed by atoms with van der Waals surface area (Å²) in [5.74, 6) is 0.826. The Balaban J connectivity index is 2.47. The van der Waals surface area contributed by atoms with Crippen LogP contribution >= 0.6 is 15.9 Å². The number of alkyl halides is 1. The molecule has 0 N–H and O–H groups in total. The van der Waals surface area contributed by atoms with Gasteiger partial charge in [-0.25, -0.2) is 0 Å². The summed E-state index contributed by atoms with van der Waals surface area (Å²) in [7, 11) is 0. The van der Waals surface area contributed by atoms with Crippen molar-refractivity contribution < 1.29 is 4.74 Å². The van der Waals surface area contributed by atoms with E-state index < -0.39 is 0 Å². The molecule has 0 aliphatic heterocycles. The Hall–Kier alpha value is -1.08. The van der Waals surface area contributed by atoms with Crippen LogP contribution in [-0.2, 0) is 5.33 Å². The van der Waals surface area contributed by atoms with Crippen molar-refractivity contribution in [2.24, 2.45) is 5.41 Å². The Labute approximate surface area is 117 Å². The number of hydrogen-bond acceptors (Lipinski definition) is 3. The molecule has 0 atom stereocenters. The molecule has 0 aliphatic carbocycles. The van der Waals surface area contributed by atoms with Gasteiger partial charge < -0.3 is 4.74 Å². The highest BCUT2D eigenvalue weighted by molar-refractivity contribution is 9.08. The molecule has 0 saturated carbocycles. The maximum atomic E-state index is 8.92. The zero-order chi connectivity index (χ0) is 13.6. The average Bonchev–Trinajstić information content (AvgIpc) is 2.36. The van der Waals surface area contributed by atoms with Crippen molar-refractivity contribution in [3.05, 3.63) is 23.5 Å². The normalized spacial score (nSPS) is 11.1. The zero-order valence-corrected chi connectivity index (χ0v) is 12.7. The van der Waals surface area contributed by atoms with Crippen LogP contribution < -0.4 is 4.74 Å². The van der Waals surface area contributed by atoms with Gasteiger partial charge in [-0.05, 0) is 45.7 Å². The highest BCUT2D eigenvalue weighted by atomic mass is 79.9. The lowest BCUT2D eigenvalue weighted by atomic mass is 9.90. The van der Waals surface area contributed by atoms with Crippen LogP contribution in [0, 0.1) is 23.7 Å². The van der Waals surface area contributed by atoms with E-state index in [1.165, 1.54) is 0 Å². The molecule has 0 spiro atoms. The molecule has 0 amide bonds. The molecule has 0 fully saturated rings. The van der Waals surface area contributed by atoms with Crippen LogP contribution in [0.15, 0.2) is 12.1 Å². The van der Waals surface area contributed by atoms with E-state index >= 15 is 0 Å². The van der Waals surface area contributed by atoms with Gasteiger partial charge in [0.05, 0.1) is 23.8 Å². The minimum absolute atomic E-state index is 0.271. The first-order valence-electron chi connectivity index (χ1n) is 6.05. The van der Waals surface area contributed by atoms with Crippen LogP contribution in [-0.4, -0.2) is 11.6 Å². The quantitative estimate of drug-likeness (QED) is 0.589. The Morgan fingerprint density at radius 3 is 2.78 bits per heavy atom. The molecule has 1 aromatic rings.